The van der Waals surface area contributed by atoms with Gasteiger partial charge >= 0.3 is 0 Å². The van der Waals surface area contributed by atoms with Crippen molar-refractivity contribution in [1.29, 1.82) is 15.8 Å². The molecule has 4 nitrogen and oxygen atoms in total. The van der Waals surface area contributed by atoms with Crippen LogP contribution in [0, 0.1) is 34.0 Å². The lowest BCUT2D eigenvalue weighted by Crippen LogP contribution is -1.91. The molecule has 76 valence electrons. The van der Waals surface area contributed by atoms with Gasteiger partial charge in [-0.15, -0.1) is 0 Å². The van der Waals surface area contributed by atoms with Gasteiger partial charge in [-0.3, -0.25) is 0 Å². The van der Waals surface area contributed by atoms with Crippen LogP contribution < -0.4 is 5.32 Å². The van der Waals surface area contributed by atoms with Gasteiger partial charge in [0, 0.05) is 6.20 Å². The molecule has 0 saturated heterocycles. The van der Waals surface area contributed by atoms with Crippen molar-refractivity contribution in [2.45, 2.75) is 0 Å². The van der Waals surface area contributed by atoms with Crippen molar-refractivity contribution in [1.82, 2.24) is 0 Å². The van der Waals surface area contributed by atoms with Crippen LogP contribution >= 0.6 is 11.6 Å². The van der Waals surface area contributed by atoms with Gasteiger partial charge in [-0.2, -0.15) is 15.8 Å². The summed E-state index contributed by atoms with van der Waals surface area (Å²) in [6.45, 7) is 0. The molecule has 0 amide bonds. The Balaban J connectivity index is 3.00. The van der Waals surface area contributed by atoms with Gasteiger partial charge in [0.15, 0.2) is 0 Å². The minimum Gasteiger partial charge on any atom is -0.359 e. The number of hydrogen-bond donors (Lipinski definition) is 1. The zero-order valence-corrected chi connectivity index (χ0v) is 8.78. The van der Waals surface area contributed by atoms with Crippen molar-refractivity contribution < 1.29 is 0 Å². The van der Waals surface area contributed by atoms with Gasteiger partial charge < -0.3 is 5.32 Å². The van der Waals surface area contributed by atoms with Gasteiger partial charge in [-0.25, -0.2) is 0 Å². The molecule has 0 spiro atoms. The van der Waals surface area contributed by atoms with E-state index in [4.69, 9.17) is 27.4 Å². The van der Waals surface area contributed by atoms with Crippen molar-refractivity contribution in [3.05, 3.63) is 40.6 Å². The average molecular weight is 229 g/mol. The predicted octanol–water partition coefficient (Wildman–Crippen LogP) is 2.55. The van der Waals surface area contributed by atoms with Crippen LogP contribution in [0.5, 0.6) is 0 Å². The number of halogens is 1. The number of nitrogens with one attached hydrogen (secondary N) is 1. The van der Waals surface area contributed by atoms with Gasteiger partial charge in [0.2, 0.25) is 0 Å². The van der Waals surface area contributed by atoms with E-state index in [1.807, 2.05) is 6.07 Å². The van der Waals surface area contributed by atoms with E-state index in [2.05, 4.69) is 5.32 Å². The topological polar surface area (TPSA) is 83.4 Å². The van der Waals surface area contributed by atoms with Gasteiger partial charge in [-0.1, -0.05) is 11.6 Å². The second kappa shape index (κ2) is 5.41. The molecule has 0 atom stereocenters. The van der Waals surface area contributed by atoms with Crippen LogP contribution in [0.2, 0.25) is 5.02 Å². The largest absolute Gasteiger partial charge is 0.359 e. The summed E-state index contributed by atoms with van der Waals surface area (Å²) in [5.41, 5.74) is 0.845. The first-order chi connectivity index (χ1) is 7.71. The third-order valence-electron chi connectivity index (χ3n) is 1.71. The van der Waals surface area contributed by atoms with Gasteiger partial charge in [-0.05, 0) is 18.2 Å². The third-order valence-corrected chi connectivity index (χ3v) is 2.04. The Bertz CT molecular complexity index is 539. The molecule has 5 heteroatoms. The van der Waals surface area contributed by atoms with E-state index in [1.54, 1.807) is 24.3 Å². The number of nitriles is 3. The molecule has 16 heavy (non-hydrogen) atoms. The number of rotatable bonds is 2. The summed E-state index contributed by atoms with van der Waals surface area (Å²) in [6, 6.07) is 10.0. The van der Waals surface area contributed by atoms with E-state index in [-0.39, 0.29) is 5.57 Å². The minimum atomic E-state index is -0.0709. The van der Waals surface area contributed by atoms with Crippen LogP contribution in [0.4, 0.5) is 5.69 Å². The molecule has 0 aliphatic rings. The van der Waals surface area contributed by atoms with Gasteiger partial charge in [0.05, 0.1) is 22.3 Å². The highest BCUT2D eigenvalue weighted by molar-refractivity contribution is 6.33. The standard InChI is InChI=1S/C11H5ClN4/c12-10-2-1-8(4-13)3-11(10)16-7-9(5-14)6-15/h1-3,7,16H. The summed E-state index contributed by atoms with van der Waals surface area (Å²) >= 11 is 5.86. The van der Waals surface area contributed by atoms with E-state index in [0.717, 1.165) is 0 Å². The van der Waals surface area contributed by atoms with E-state index < -0.39 is 0 Å². The molecular weight excluding hydrogens is 224 g/mol. The Morgan fingerprint density at radius 1 is 1.25 bits per heavy atom. The number of benzene rings is 1. The fraction of sp³-hybridized carbons (Fsp3) is 0. The number of hydrogen-bond acceptors (Lipinski definition) is 4. The Morgan fingerprint density at radius 3 is 2.50 bits per heavy atom. The molecule has 0 unspecified atom stereocenters. The molecule has 0 saturated carbocycles. The maximum atomic E-state index is 8.68. The quantitative estimate of drug-likeness (QED) is 0.789. The lowest BCUT2D eigenvalue weighted by atomic mass is 10.2. The highest BCUT2D eigenvalue weighted by atomic mass is 35.5. The molecule has 0 aromatic heterocycles. The van der Waals surface area contributed by atoms with Crippen LogP contribution in [0.25, 0.3) is 0 Å². The van der Waals surface area contributed by atoms with Crippen LogP contribution in [0.3, 0.4) is 0 Å². The average Bonchev–Trinajstić information content (AvgIpc) is 2.32. The second-order valence-corrected chi connectivity index (χ2v) is 3.14. The molecular formula is C11H5ClN4. The molecule has 0 bridgehead atoms. The van der Waals surface area contributed by atoms with Crippen LogP contribution in [0.15, 0.2) is 30.0 Å². The monoisotopic (exact) mass is 228 g/mol. The molecule has 0 aliphatic heterocycles. The SMILES string of the molecule is N#CC(C#N)=CNc1cc(C#N)ccc1Cl. The van der Waals surface area contributed by atoms with E-state index in [1.165, 1.54) is 12.3 Å². The summed E-state index contributed by atoms with van der Waals surface area (Å²) in [7, 11) is 0. The van der Waals surface area contributed by atoms with Crippen molar-refractivity contribution >= 4 is 17.3 Å². The lowest BCUT2D eigenvalue weighted by molar-refractivity contribution is 1.44. The summed E-state index contributed by atoms with van der Waals surface area (Å²) in [4.78, 5) is 0. The third kappa shape index (κ3) is 2.75. The normalized spacial score (nSPS) is 8.12. The Morgan fingerprint density at radius 2 is 1.94 bits per heavy atom. The van der Waals surface area contributed by atoms with E-state index in [9.17, 15) is 0 Å². The van der Waals surface area contributed by atoms with Crippen LogP contribution in [-0.4, -0.2) is 0 Å². The molecule has 1 N–H and O–H groups in total. The van der Waals surface area contributed by atoms with Crippen LogP contribution in [-0.2, 0) is 0 Å². The molecule has 0 fully saturated rings. The second-order valence-electron chi connectivity index (χ2n) is 2.73. The predicted molar refractivity (Wildman–Crippen MR) is 59.1 cm³/mol. The van der Waals surface area contributed by atoms with Crippen molar-refractivity contribution in [3.63, 3.8) is 0 Å². The number of anilines is 1. The number of nitrogens with zero attached hydrogens (tertiary/aromatic N) is 3. The summed E-state index contributed by atoms with van der Waals surface area (Å²) < 4.78 is 0. The smallest absolute Gasteiger partial charge is 0.145 e. The van der Waals surface area contributed by atoms with Crippen LogP contribution in [0.1, 0.15) is 5.56 Å². The minimum absolute atomic E-state index is 0.0709. The summed E-state index contributed by atoms with van der Waals surface area (Å²) in [5.74, 6) is 0. The maximum Gasteiger partial charge on any atom is 0.145 e. The first-order valence-corrected chi connectivity index (χ1v) is 4.55. The first-order valence-electron chi connectivity index (χ1n) is 4.18. The summed E-state index contributed by atoms with van der Waals surface area (Å²) in [5, 5.41) is 28.8. The molecule has 0 aliphatic carbocycles. The fourth-order valence-corrected chi connectivity index (χ4v) is 1.12. The van der Waals surface area contributed by atoms with E-state index in [0.29, 0.717) is 16.3 Å². The zero-order valence-electron chi connectivity index (χ0n) is 8.03. The lowest BCUT2D eigenvalue weighted by Gasteiger charge is -2.03. The number of allylic oxidation sites excluding steroid dienone is 1. The molecule has 0 heterocycles. The maximum absolute atomic E-state index is 8.68. The molecule has 1 aromatic carbocycles. The van der Waals surface area contributed by atoms with Crippen molar-refractivity contribution in [2.24, 2.45) is 0 Å². The molecule has 1 rings (SSSR count). The van der Waals surface area contributed by atoms with Gasteiger partial charge in [0.1, 0.15) is 17.7 Å². The van der Waals surface area contributed by atoms with Crippen molar-refractivity contribution in [3.8, 4) is 18.2 Å². The highest BCUT2D eigenvalue weighted by Crippen LogP contribution is 2.22. The first kappa shape index (κ1) is 11.6. The van der Waals surface area contributed by atoms with Crippen molar-refractivity contribution in [2.75, 3.05) is 5.32 Å². The van der Waals surface area contributed by atoms with E-state index >= 15 is 0 Å². The fourth-order valence-electron chi connectivity index (χ4n) is 0.945. The highest BCUT2D eigenvalue weighted by Gasteiger charge is 2.00. The summed E-state index contributed by atoms with van der Waals surface area (Å²) in [6.07, 6.45) is 1.24. The van der Waals surface area contributed by atoms with Gasteiger partial charge in [0.25, 0.3) is 0 Å². The molecule has 0 radical (unpaired) electrons. The Kier molecular flexibility index (Phi) is 3.92. The molecule has 1 aromatic rings. The zero-order chi connectivity index (χ0) is 12.0. The Labute approximate surface area is 97.6 Å². The Hall–Kier alpha value is -2.48.